The summed E-state index contributed by atoms with van der Waals surface area (Å²) in [5.74, 6) is -0.00739. The minimum absolute atomic E-state index is 0.00739. The van der Waals surface area contributed by atoms with E-state index in [1.807, 2.05) is 26.0 Å². The zero-order valence-electron chi connectivity index (χ0n) is 8.84. The van der Waals surface area contributed by atoms with Gasteiger partial charge >= 0.3 is 0 Å². The van der Waals surface area contributed by atoms with Gasteiger partial charge in [0, 0.05) is 16.8 Å². The molecule has 1 heterocycles. The van der Waals surface area contributed by atoms with Gasteiger partial charge in [-0.05, 0) is 41.9 Å². The highest BCUT2D eigenvalue weighted by atomic mass is 79.9. The Hall–Kier alpha value is -0.390. The van der Waals surface area contributed by atoms with Gasteiger partial charge in [0.2, 0.25) is 5.91 Å². The summed E-state index contributed by atoms with van der Waals surface area (Å²) in [6, 6.07) is 3.96. The van der Waals surface area contributed by atoms with Crippen molar-refractivity contribution in [3.8, 4) is 0 Å². The molecule has 1 aromatic rings. The first kappa shape index (κ1) is 12.7. The molecule has 0 aromatic carbocycles. The van der Waals surface area contributed by atoms with E-state index in [4.69, 9.17) is 5.73 Å². The average Bonchev–Trinajstić information content (AvgIpc) is 2.45. The van der Waals surface area contributed by atoms with Crippen LogP contribution in [0.15, 0.2) is 15.9 Å². The van der Waals surface area contributed by atoms with Gasteiger partial charge in [0.15, 0.2) is 0 Å². The second kappa shape index (κ2) is 5.09. The molecular formula is C10H15BrN2OS. The predicted molar refractivity (Wildman–Crippen MR) is 66.7 cm³/mol. The van der Waals surface area contributed by atoms with Crippen molar-refractivity contribution in [2.24, 2.45) is 5.73 Å². The molecule has 0 spiro atoms. The Balaban J connectivity index is 2.35. The van der Waals surface area contributed by atoms with Crippen LogP contribution >= 0.6 is 27.3 Å². The molecule has 1 amide bonds. The van der Waals surface area contributed by atoms with Crippen molar-refractivity contribution in [1.82, 2.24) is 5.32 Å². The number of carbonyl (C=O) groups is 1. The number of thiophene rings is 1. The molecule has 0 aliphatic rings. The zero-order valence-corrected chi connectivity index (χ0v) is 11.2. The summed E-state index contributed by atoms with van der Waals surface area (Å²) in [5, 5.41) is 2.84. The first-order chi connectivity index (χ1) is 6.87. The molecule has 0 fully saturated rings. The van der Waals surface area contributed by atoms with Crippen LogP contribution in [0.25, 0.3) is 0 Å². The quantitative estimate of drug-likeness (QED) is 0.894. The number of nitrogens with one attached hydrogen (secondary N) is 1. The number of hydrogen-bond acceptors (Lipinski definition) is 3. The third kappa shape index (κ3) is 5.30. The number of nitrogens with two attached hydrogens (primary N) is 1. The lowest BCUT2D eigenvalue weighted by atomic mass is 10.0. The van der Waals surface area contributed by atoms with Crippen LogP contribution in [0.2, 0.25) is 0 Å². The maximum Gasteiger partial charge on any atom is 0.222 e. The normalized spacial score (nSPS) is 11.5. The molecule has 0 aliphatic carbocycles. The maximum absolute atomic E-state index is 11.4. The number of halogens is 1. The summed E-state index contributed by atoms with van der Waals surface area (Å²) in [5.41, 5.74) is 5.30. The number of amides is 1. The molecule has 0 saturated heterocycles. The molecule has 0 radical (unpaired) electrons. The van der Waals surface area contributed by atoms with E-state index in [9.17, 15) is 4.79 Å². The summed E-state index contributed by atoms with van der Waals surface area (Å²) >= 11 is 4.99. The van der Waals surface area contributed by atoms with Gasteiger partial charge in [0.1, 0.15) is 0 Å². The fraction of sp³-hybridized carbons (Fsp3) is 0.500. The largest absolute Gasteiger partial charge is 0.351 e. The van der Waals surface area contributed by atoms with Crippen LogP contribution < -0.4 is 11.1 Å². The molecule has 84 valence electrons. The second-order valence-electron chi connectivity index (χ2n) is 4.15. The van der Waals surface area contributed by atoms with Crippen molar-refractivity contribution in [3.63, 3.8) is 0 Å². The van der Waals surface area contributed by atoms with E-state index in [0.717, 1.165) is 8.66 Å². The van der Waals surface area contributed by atoms with Gasteiger partial charge in [-0.15, -0.1) is 11.3 Å². The third-order valence-electron chi connectivity index (χ3n) is 1.70. The van der Waals surface area contributed by atoms with E-state index < -0.39 is 5.54 Å². The summed E-state index contributed by atoms with van der Waals surface area (Å²) < 4.78 is 1.07. The Morgan fingerprint density at radius 1 is 1.60 bits per heavy atom. The van der Waals surface area contributed by atoms with Crippen molar-refractivity contribution in [2.75, 3.05) is 0 Å². The van der Waals surface area contributed by atoms with Gasteiger partial charge in [-0.3, -0.25) is 4.79 Å². The van der Waals surface area contributed by atoms with E-state index in [-0.39, 0.29) is 5.91 Å². The Bertz CT molecular complexity index is 343. The molecule has 0 saturated carbocycles. The molecule has 3 N–H and O–H groups in total. The first-order valence-electron chi connectivity index (χ1n) is 4.66. The fourth-order valence-corrected chi connectivity index (χ4v) is 2.53. The van der Waals surface area contributed by atoms with Crippen molar-refractivity contribution in [1.29, 1.82) is 0 Å². The van der Waals surface area contributed by atoms with Gasteiger partial charge in [-0.1, -0.05) is 0 Å². The number of hydrogen-bond donors (Lipinski definition) is 2. The second-order valence-corrected chi connectivity index (χ2v) is 6.70. The number of carbonyl (C=O) groups excluding carboxylic acids is 1. The van der Waals surface area contributed by atoms with Crippen LogP contribution in [-0.2, 0) is 11.3 Å². The van der Waals surface area contributed by atoms with E-state index in [1.54, 1.807) is 11.3 Å². The van der Waals surface area contributed by atoms with Crippen molar-refractivity contribution < 1.29 is 4.79 Å². The molecule has 5 heteroatoms. The van der Waals surface area contributed by atoms with E-state index in [0.29, 0.717) is 13.0 Å². The smallest absolute Gasteiger partial charge is 0.222 e. The van der Waals surface area contributed by atoms with Gasteiger partial charge in [0.25, 0.3) is 0 Å². The molecule has 1 aromatic heterocycles. The lowest BCUT2D eigenvalue weighted by Crippen LogP contribution is -2.38. The topological polar surface area (TPSA) is 55.1 Å². The van der Waals surface area contributed by atoms with Crippen LogP contribution in [0.4, 0.5) is 0 Å². The average molecular weight is 291 g/mol. The van der Waals surface area contributed by atoms with Crippen molar-refractivity contribution in [3.05, 3.63) is 20.8 Å². The van der Waals surface area contributed by atoms with E-state index in [1.165, 1.54) is 0 Å². The van der Waals surface area contributed by atoms with Gasteiger partial charge in [0.05, 0.1) is 10.3 Å². The summed E-state index contributed by atoms with van der Waals surface area (Å²) in [4.78, 5) is 12.6. The Labute approximate surface area is 102 Å². The SMILES string of the molecule is CC(C)(N)CC(=O)NCc1ccc(Br)s1. The monoisotopic (exact) mass is 290 g/mol. The third-order valence-corrected chi connectivity index (χ3v) is 3.33. The van der Waals surface area contributed by atoms with Gasteiger partial charge in [-0.25, -0.2) is 0 Å². The molecular weight excluding hydrogens is 276 g/mol. The first-order valence-corrected chi connectivity index (χ1v) is 6.27. The minimum atomic E-state index is -0.444. The molecule has 0 atom stereocenters. The molecule has 0 unspecified atom stereocenters. The maximum atomic E-state index is 11.4. The van der Waals surface area contributed by atoms with E-state index in [2.05, 4.69) is 21.2 Å². The van der Waals surface area contributed by atoms with E-state index >= 15 is 0 Å². The molecule has 0 aliphatic heterocycles. The zero-order chi connectivity index (χ0) is 11.5. The van der Waals surface area contributed by atoms with Crippen LogP contribution in [0, 0.1) is 0 Å². The summed E-state index contributed by atoms with van der Waals surface area (Å²) in [6.07, 6.45) is 0.347. The van der Waals surface area contributed by atoms with Crippen LogP contribution in [0.5, 0.6) is 0 Å². The fourth-order valence-electron chi connectivity index (χ4n) is 1.11. The standard InChI is InChI=1S/C10H15BrN2OS/c1-10(2,12)5-9(14)13-6-7-3-4-8(11)15-7/h3-4H,5-6,12H2,1-2H3,(H,13,14). The summed E-state index contributed by atoms with van der Waals surface area (Å²) in [7, 11) is 0. The summed E-state index contributed by atoms with van der Waals surface area (Å²) in [6.45, 7) is 4.26. The molecule has 3 nitrogen and oxygen atoms in total. The molecule has 15 heavy (non-hydrogen) atoms. The van der Waals surface area contributed by atoms with Crippen LogP contribution in [0.3, 0.4) is 0 Å². The highest BCUT2D eigenvalue weighted by Crippen LogP contribution is 2.21. The van der Waals surface area contributed by atoms with Crippen molar-refractivity contribution in [2.45, 2.75) is 32.4 Å². The Kier molecular flexibility index (Phi) is 4.31. The molecule has 0 bridgehead atoms. The van der Waals surface area contributed by atoms with Gasteiger partial charge in [-0.2, -0.15) is 0 Å². The Morgan fingerprint density at radius 2 is 2.27 bits per heavy atom. The highest BCUT2D eigenvalue weighted by molar-refractivity contribution is 9.11. The minimum Gasteiger partial charge on any atom is -0.351 e. The lowest BCUT2D eigenvalue weighted by Gasteiger charge is -2.17. The van der Waals surface area contributed by atoms with Gasteiger partial charge < -0.3 is 11.1 Å². The highest BCUT2D eigenvalue weighted by Gasteiger charge is 2.15. The van der Waals surface area contributed by atoms with Crippen LogP contribution in [0.1, 0.15) is 25.1 Å². The Morgan fingerprint density at radius 3 is 2.73 bits per heavy atom. The van der Waals surface area contributed by atoms with Crippen LogP contribution in [-0.4, -0.2) is 11.4 Å². The number of rotatable bonds is 4. The van der Waals surface area contributed by atoms with Crippen molar-refractivity contribution >= 4 is 33.2 Å². The lowest BCUT2D eigenvalue weighted by molar-refractivity contribution is -0.122. The molecule has 1 rings (SSSR count). The predicted octanol–water partition coefficient (Wildman–Crippen LogP) is 2.25.